The van der Waals surface area contributed by atoms with E-state index in [0.717, 1.165) is 6.07 Å². The number of benzene rings is 2. The Bertz CT molecular complexity index is 1100. The van der Waals surface area contributed by atoms with Crippen molar-refractivity contribution in [2.24, 2.45) is 0 Å². The van der Waals surface area contributed by atoms with E-state index in [0.29, 0.717) is 31.6 Å². The number of hydrogen-bond acceptors (Lipinski definition) is 4. The molecule has 2 aromatic rings. The normalized spacial score (nSPS) is 18.9. The SMILES string of the molecule is CC1(NC(=O)c2cc3c(cc2F)N(c2cccc(OC(F)F)c2)C(=O)C3(C)C)CCOCC1. The van der Waals surface area contributed by atoms with E-state index in [1.165, 1.54) is 29.2 Å². The number of amides is 2. The van der Waals surface area contributed by atoms with Crippen LogP contribution >= 0.6 is 0 Å². The lowest BCUT2D eigenvalue weighted by Gasteiger charge is -2.34. The molecule has 0 bridgehead atoms. The van der Waals surface area contributed by atoms with Crippen molar-refractivity contribution < 1.29 is 32.2 Å². The van der Waals surface area contributed by atoms with E-state index in [9.17, 15) is 18.4 Å². The summed E-state index contributed by atoms with van der Waals surface area (Å²) >= 11 is 0. The molecule has 0 saturated carbocycles. The van der Waals surface area contributed by atoms with Crippen molar-refractivity contribution in [2.45, 2.75) is 51.2 Å². The lowest BCUT2D eigenvalue weighted by molar-refractivity contribution is -0.121. The first-order chi connectivity index (χ1) is 15.5. The van der Waals surface area contributed by atoms with Crippen LogP contribution in [0.25, 0.3) is 0 Å². The summed E-state index contributed by atoms with van der Waals surface area (Å²) in [4.78, 5) is 27.5. The molecule has 2 aromatic carbocycles. The highest BCUT2D eigenvalue weighted by Crippen LogP contribution is 2.46. The fourth-order valence-corrected chi connectivity index (χ4v) is 4.27. The maximum atomic E-state index is 15.1. The van der Waals surface area contributed by atoms with Gasteiger partial charge < -0.3 is 14.8 Å². The van der Waals surface area contributed by atoms with Gasteiger partial charge in [0.15, 0.2) is 0 Å². The second kappa shape index (κ2) is 8.37. The first kappa shape index (κ1) is 23.1. The second-order valence-corrected chi connectivity index (χ2v) is 9.12. The Morgan fingerprint density at radius 2 is 1.85 bits per heavy atom. The molecule has 0 aliphatic carbocycles. The molecule has 176 valence electrons. The molecule has 1 saturated heterocycles. The molecule has 0 radical (unpaired) electrons. The van der Waals surface area contributed by atoms with Gasteiger partial charge in [-0.25, -0.2) is 4.39 Å². The molecule has 2 heterocycles. The third kappa shape index (κ3) is 4.29. The number of nitrogens with zero attached hydrogens (tertiary/aromatic N) is 1. The summed E-state index contributed by atoms with van der Waals surface area (Å²) < 4.78 is 50.2. The average Bonchev–Trinajstić information content (AvgIpc) is 2.92. The van der Waals surface area contributed by atoms with E-state index in [1.54, 1.807) is 19.9 Å². The molecular weight excluding hydrogens is 437 g/mol. The predicted octanol–water partition coefficient (Wildman–Crippen LogP) is 4.68. The third-order valence-corrected chi connectivity index (χ3v) is 6.29. The number of carbonyl (C=O) groups is 2. The number of anilines is 2. The van der Waals surface area contributed by atoms with Crippen molar-refractivity contribution in [1.29, 1.82) is 0 Å². The molecule has 9 heteroatoms. The minimum Gasteiger partial charge on any atom is -0.435 e. The van der Waals surface area contributed by atoms with Gasteiger partial charge in [-0.3, -0.25) is 14.5 Å². The van der Waals surface area contributed by atoms with Gasteiger partial charge in [-0.2, -0.15) is 8.78 Å². The van der Waals surface area contributed by atoms with Crippen LogP contribution in [0.15, 0.2) is 36.4 Å². The summed E-state index contributed by atoms with van der Waals surface area (Å²) in [6.07, 6.45) is 1.22. The number of alkyl halides is 2. The van der Waals surface area contributed by atoms with E-state index in [1.807, 2.05) is 6.92 Å². The minimum atomic E-state index is -3.02. The van der Waals surface area contributed by atoms with E-state index in [-0.39, 0.29) is 28.6 Å². The van der Waals surface area contributed by atoms with Gasteiger partial charge in [0, 0.05) is 24.8 Å². The highest BCUT2D eigenvalue weighted by molar-refractivity contribution is 6.13. The Kier molecular flexibility index (Phi) is 5.86. The van der Waals surface area contributed by atoms with E-state index < -0.39 is 29.3 Å². The molecule has 2 aliphatic rings. The van der Waals surface area contributed by atoms with Crippen LogP contribution in [0.1, 0.15) is 49.5 Å². The van der Waals surface area contributed by atoms with Gasteiger partial charge in [0.2, 0.25) is 5.91 Å². The van der Waals surface area contributed by atoms with Gasteiger partial charge in [-0.05, 0) is 63.4 Å². The maximum Gasteiger partial charge on any atom is 0.387 e. The van der Waals surface area contributed by atoms with Crippen molar-refractivity contribution in [1.82, 2.24) is 5.32 Å². The zero-order valence-electron chi connectivity index (χ0n) is 18.6. The zero-order chi connectivity index (χ0) is 24.0. The molecule has 4 rings (SSSR count). The summed E-state index contributed by atoms with van der Waals surface area (Å²) in [5.74, 6) is -1.84. The highest BCUT2D eigenvalue weighted by atomic mass is 19.3. The standard InChI is InChI=1S/C24H25F3N2O4/c1-23(2)17-12-16(20(30)28-24(3)7-9-32-10-8-24)18(25)13-19(17)29(21(23)31)14-5-4-6-15(11-14)33-22(26)27/h4-6,11-13,22H,7-10H2,1-3H3,(H,28,30). The van der Waals surface area contributed by atoms with E-state index in [2.05, 4.69) is 10.1 Å². The molecule has 0 spiro atoms. The fourth-order valence-electron chi connectivity index (χ4n) is 4.27. The van der Waals surface area contributed by atoms with Crippen LogP contribution in [0.5, 0.6) is 5.75 Å². The molecule has 1 fully saturated rings. The Labute approximate surface area is 189 Å². The van der Waals surface area contributed by atoms with Gasteiger partial charge in [0.1, 0.15) is 11.6 Å². The lowest BCUT2D eigenvalue weighted by atomic mass is 9.85. The van der Waals surface area contributed by atoms with Crippen LogP contribution in [0, 0.1) is 5.82 Å². The predicted molar refractivity (Wildman–Crippen MR) is 116 cm³/mol. The average molecular weight is 462 g/mol. The Hall–Kier alpha value is -3.07. The molecule has 0 atom stereocenters. The Balaban J connectivity index is 1.71. The zero-order valence-corrected chi connectivity index (χ0v) is 18.6. The summed E-state index contributed by atoms with van der Waals surface area (Å²) in [5, 5.41) is 2.91. The number of nitrogens with one attached hydrogen (secondary N) is 1. The molecule has 1 N–H and O–H groups in total. The maximum absolute atomic E-state index is 15.1. The Morgan fingerprint density at radius 3 is 2.52 bits per heavy atom. The molecule has 0 unspecified atom stereocenters. The first-order valence-electron chi connectivity index (χ1n) is 10.7. The summed E-state index contributed by atoms with van der Waals surface area (Å²) in [6.45, 7) is 3.24. The monoisotopic (exact) mass is 462 g/mol. The van der Waals surface area contributed by atoms with Crippen LogP contribution in [-0.2, 0) is 14.9 Å². The fraction of sp³-hybridized carbons (Fsp3) is 0.417. The van der Waals surface area contributed by atoms with Gasteiger partial charge in [-0.15, -0.1) is 0 Å². The molecular formula is C24H25F3N2O4. The second-order valence-electron chi connectivity index (χ2n) is 9.12. The molecule has 33 heavy (non-hydrogen) atoms. The van der Waals surface area contributed by atoms with Crippen LogP contribution in [0.2, 0.25) is 0 Å². The molecule has 2 amide bonds. The minimum absolute atomic E-state index is 0.122. The molecule has 0 aromatic heterocycles. The molecule has 2 aliphatic heterocycles. The molecule has 6 nitrogen and oxygen atoms in total. The van der Waals surface area contributed by atoms with Crippen LogP contribution < -0.4 is 15.0 Å². The van der Waals surface area contributed by atoms with Crippen LogP contribution in [0.3, 0.4) is 0 Å². The van der Waals surface area contributed by atoms with Crippen LogP contribution in [0.4, 0.5) is 24.5 Å². The van der Waals surface area contributed by atoms with Crippen molar-refractivity contribution in [3.63, 3.8) is 0 Å². The Morgan fingerprint density at radius 1 is 1.15 bits per heavy atom. The topological polar surface area (TPSA) is 67.9 Å². The third-order valence-electron chi connectivity index (χ3n) is 6.29. The van der Waals surface area contributed by atoms with Crippen molar-refractivity contribution in [3.05, 3.63) is 53.3 Å². The number of rotatable bonds is 5. The quantitative estimate of drug-likeness (QED) is 0.701. The summed E-state index contributed by atoms with van der Waals surface area (Å²) in [7, 11) is 0. The van der Waals surface area contributed by atoms with E-state index >= 15 is 4.39 Å². The largest absolute Gasteiger partial charge is 0.435 e. The number of carbonyl (C=O) groups excluding carboxylic acids is 2. The number of fused-ring (bicyclic) bond motifs is 1. The summed E-state index contributed by atoms with van der Waals surface area (Å²) in [6, 6.07) is 8.20. The van der Waals surface area contributed by atoms with Gasteiger partial charge in [-0.1, -0.05) is 6.07 Å². The van der Waals surface area contributed by atoms with Gasteiger partial charge in [0.25, 0.3) is 5.91 Å². The first-order valence-corrected chi connectivity index (χ1v) is 10.7. The van der Waals surface area contributed by atoms with E-state index in [4.69, 9.17) is 4.74 Å². The van der Waals surface area contributed by atoms with Gasteiger partial charge in [0.05, 0.1) is 22.4 Å². The smallest absolute Gasteiger partial charge is 0.387 e. The van der Waals surface area contributed by atoms with Gasteiger partial charge >= 0.3 is 6.61 Å². The van der Waals surface area contributed by atoms with Crippen LogP contribution in [-0.4, -0.2) is 37.2 Å². The summed E-state index contributed by atoms with van der Waals surface area (Å²) in [5.41, 5.74) is -0.749. The lowest BCUT2D eigenvalue weighted by Crippen LogP contribution is -2.49. The van der Waals surface area contributed by atoms with Crippen molar-refractivity contribution in [3.8, 4) is 5.75 Å². The number of halogens is 3. The highest BCUT2D eigenvalue weighted by Gasteiger charge is 2.46. The van der Waals surface area contributed by atoms with Crippen molar-refractivity contribution in [2.75, 3.05) is 18.1 Å². The van der Waals surface area contributed by atoms with Crippen molar-refractivity contribution >= 4 is 23.2 Å². The number of hydrogen-bond donors (Lipinski definition) is 1. The number of ether oxygens (including phenoxy) is 2.